The van der Waals surface area contributed by atoms with Crippen LogP contribution in [0.15, 0.2) is 48.5 Å². The second kappa shape index (κ2) is 7.50. The summed E-state index contributed by atoms with van der Waals surface area (Å²) in [4.78, 5) is 24.7. The quantitative estimate of drug-likeness (QED) is 0.710. The molecule has 1 amide bonds. The number of nitrogens with one attached hydrogen (secondary N) is 1. The van der Waals surface area contributed by atoms with Crippen LogP contribution >= 0.6 is 0 Å². The lowest BCUT2D eigenvalue weighted by Gasteiger charge is -2.12. The van der Waals surface area contributed by atoms with Gasteiger partial charge in [0.25, 0.3) is 5.91 Å². The molecule has 0 spiro atoms. The van der Waals surface area contributed by atoms with Crippen LogP contribution < -0.4 is 10.1 Å². The number of rotatable bonds is 5. The van der Waals surface area contributed by atoms with Crippen LogP contribution in [0.5, 0.6) is 5.75 Å². The number of aromatic nitrogens is 2. The lowest BCUT2D eigenvalue weighted by atomic mass is 10.0. The summed E-state index contributed by atoms with van der Waals surface area (Å²) < 4.78 is 21.3. The number of amides is 1. The summed E-state index contributed by atoms with van der Waals surface area (Å²) >= 11 is 0. The summed E-state index contributed by atoms with van der Waals surface area (Å²) in [6, 6.07) is 13.9. The summed E-state index contributed by atoms with van der Waals surface area (Å²) in [6.45, 7) is 3.33. The van der Waals surface area contributed by atoms with Crippen LogP contribution in [0.2, 0.25) is 0 Å². The molecule has 1 aliphatic rings. The number of para-hydroxylation sites is 1. The topological polar surface area (TPSA) is 73.2 Å². The molecule has 1 N–H and O–H groups in total. The summed E-state index contributed by atoms with van der Waals surface area (Å²) in [5.74, 6) is -0.440. The molecule has 1 atom stereocenters. The van der Waals surface area contributed by atoms with E-state index in [1.54, 1.807) is 17.7 Å². The normalized spacial score (nSPS) is 15.3. The Bertz CT molecular complexity index is 1090. The van der Waals surface area contributed by atoms with Crippen molar-refractivity contribution in [3.63, 3.8) is 0 Å². The number of benzene rings is 2. The van der Waals surface area contributed by atoms with E-state index in [1.165, 1.54) is 12.1 Å². The van der Waals surface area contributed by atoms with E-state index < -0.39 is 11.7 Å². The van der Waals surface area contributed by atoms with Gasteiger partial charge in [0.1, 0.15) is 17.4 Å². The van der Waals surface area contributed by atoms with Gasteiger partial charge in [-0.1, -0.05) is 25.1 Å². The van der Waals surface area contributed by atoms with Crippen LogP contribution in [0.1, 0.15) is 40.9 Å². The van der Waals surface area contributed by atoms with Crippen molar-refractivity contribution < 1.29 is 18.7 Å². The van der Waals surface area contributed by atoms with Gasteiger partial charge in [0.2, 0.25) is 0 Å². The van der Waals surface area contributed by atoms with Crippen molar-refractivity contribution in [2.45, 2.75) is 26.2 Å². The zero-order valence-corrected chi connectivity index (χ0v) is 16.1. The number of aryl methyl sites for hydroxylation is 1. The van der Waals surface area contributed by atoms with Crippen molar-refractivity contribution in [2.24, 2.45) is 0 Å². The molecule has 29 heavy (non-hydrogen) atoms. The molecule has 0 aliphatic heterocycles. The first-order chi connectivity index (χ1) is 13.9. The largest absolute Gasteiger partial charge is 0.483 e. The van der Waals surface area contributed by atoms with Crippen molar-refractivity contribution in [1.29, 1.82) is 0 Å². The van der Waals surface area contributed by atoms with Gasteiger partial charge in [-0.15, -0.1) is 0 Å². The number of ketones is 1. The number of carbonyl (C=O) groups is 2. The first-order valence-electron chi connectivity index (χ1n) is 9.34. The molecule has 0 saturated carbocycles. The number of fused-ring (bicyclic) bond motifs is 1. The minimum atomic E-state index is -0.419. The van der Waals surface area contributed by atoms with Gasteiger partial charge in [-0.25, -0.2) is 9.07 Å². The smallest absolute Gasteiger partial charge is 0.263 e. The minimum Gasteiger partial charge on any atom is -0.483 e. The number of Topliss-reactive ketones (excluding diaryl/α,β-unsaturated/α-hetero) is 1. The highest BCUT2D eigenvalue weighted by Gasteiger charge is 2.32. The van der Waals surface area contributed by atoms with Crippen LogP contribution in [-0.2, 0) is 4.79 Å². The number of ether oxygens (including phenoxy) is 1. The molecule has 1 aliphatic carbocycles. The second-order valence-electron chi connectivity index (χ2n) is 7.12. The number of halogens is 1. The first-order valence-corrected chi connectivity index (χ1v) is 9.34. The Hall–Kier alpha value is -3.48. The molecule has 2 aromatic carbocycles. The molecule has 3 aromatic rings. The average Bonchev–Trinajstić information content (AvgIpc) is 3.21. The van der Waals surface area contributed by atoms with Crippen LogP contribution in [-0.4, -0.2) is 28.1 Å². The predicted octanol–water partition coefficient (Wildman–Crippen LogP) is 4.03. The number of carbonyl (C=O) groups excluding carboxylic acids is 2. The molecule has 1 heterocycles. The third-order valence-electron chi connectivity index (χ3n) is 4.88. The third kappa shape index (κ3) is 3.63. The summed E-state index contributed by atoms with van der Waals surface area (Å²) in [5.41, 5.74) is 2.18. The molecule has 6 nitrogen and oxygen atoms in total. The highest BCUT2D eigenvalue weighted by atomic mass is 19.1. The Labute approximate surface area is 167 Å². The Kier molecular flexibility index (Phi) is 4.88. The highest BCUT2D eigenvalue weighted by molar-refractivity contribution is 6.04. The van der Waals surface area contributed by atoms with Gasteiger partial charge < -0.3 is 10.1 Å². The average molecular weight is 393 g/mol. The van der Waals surface area contributed by atoms with Gasteiger partial charge >= 0.3 is 0 Å². The Morgan fingerprint density at radius 1 is 1.28 bits per heavy atom. The summed E-state index contributed by atoms with van der Waals surface area (Å²) in [7, 11) is 0. The lowest BCUT2D eigenvalue weighted by molar-refractivity contribution is -0.118. The van der Waals surface area contributed by atoms with E-state index >= 15 is 0 Å². The molecule has 4 rings (SSSR count). The zero-order chi connectivity index (χ0) is 20.5. The monoisotopic (exact) mass is 393 g/mol. The minimum absolute atomic E-state index is 0.166. The van der Waals surface area contributed by atoms with Crippen LogP contribution in [0.25, 0.3) is 5.69 Å². The molecule has 0 fully saturated rings. The van der Waals surface area contributed by atoms with Crippen LogP contribution in [0, 0.1) is 12.7 Å². The summed E-state index contributed by atoms with van der Waals surface area (Å²) in [5, 5.41) is 7.18. The molecular weight excluding hydrogens is 373 g/mol. The van der Waals surface area contributed by atoms with E-state index in [0.717, 1.165) is 11.4 Å². The lowest BCUT2D eigenvalue weighted by Crippen LogP contribution is -2.22. The maximum atomic E-state index is 14.1. The van der Waals surface area contributed by atoms with E-state index in [9.17, 15) is 14.0 Å². The third-order valence-corrected chi connectivity index (χ3v) is 4.88. The fourth-order valence-corrected chi connectivity index (χ4v) is 3.62. The number of hydrogen-bond acceptors (Lipinski definition) is 4. The fourth-order valence-electron chi connectivity index (χ4n) is 3.62. The number of nitrogens with zero attached hydrogens (tertiary/aromatic N) is 2. The molecule has 148 valence electrons. The summed E-state index contributed by atoms with van der Waals surface area (Å²) in [6.07, 6.45) is 0.244. The Morgan fingerprint density at radius 2 is 2.03 bits per heavy atom. The Morgan fingerprint density at radius 3 is 2.79 bits per heavy atom. The van der Waals surface area contributed by atoms with Crippen LogP contribution in [0.4, 0.5) is 10.2 Å². The van der Waals surface area contributed by atoms with E-state index in [-0.39, 0.29) is 36.0 Å². The van der Waals surface area contributed by atoms with E-state index in [0.29, 0.717) is 11.4 Å². The second-order valence-corrected chi connectivity index (χ2v) is 7.12. The van der Waals surface area contributed by atoms with E-state index in [1.807, 2.05) is 37.3 Å². The standard InChI is InChI=1S/C22H20FN3O3/c1-13-10-17(27)22-18(9-8-16(23)21(13)22)29-12-20(28)24-19-11-14(2)25-26(19)15-6-4-3-5-7-15/h3-9,11,13H,10,12H2,1-2H3,(H,24,28)/t13-/m1/s1. The van der Waals surface area contributed by atoms with Gasteiger partial charge in [-0.2, -0.15) is 5.10 Å². The van der Waals surface area contributed by atoms with Gasteiger partial charge in [-0.05, 0) is 37.1 Å². The van der Waals surface area contributed by atoms with Crippen molar-refractivity contribution >= 4 is 17.5 Å². The van der Waals surface area contributed by atoms with Crippen molar-refractivity contribution in [1.82, 2.24) is 9.78 Å². The maximum Gasteiger partial charge on any atom is 0.263 e. The highest BCUT2D eigenvalue weighted by Crippen LogP contribution is 2.39. The SMILES string of the molecule is Cc1cc(NC(=O)COc2ccc(F)c3c2C(=O)C[C@H]3C)n(-c2ccccc2)n1. The van der Waals surface area contributed by atoms with Crippen LogP contribution in [0.3, 0.4) is 0 Å². The fraction of sp³-hybridized carbons (Fsp3) is 0.227. The van der Waals surface area contributed by atoms with Gasteiger partial charge in [0.05, 0.1) is 16.9 Å². The van der Waals surface area contributed by atoms with Crippen molar-refractivity contribution in [3.05, 3.63) is 71.2 Å². The molecule has 0 radical (unpaired) electrons. The molecular formula is C22H20FN3O3. The Balaban J connectivity index is 1.50. The van der Waals surface area contributed by atoms with E-state index in [4.69, 9.17) is 4.74 Å². The number of hydrogen-bond donors (Lipinski definition) is 1. The van der Waals surface area contributed by atoms with Crippen molar-refractivity contribution in [2.75, 3.05) is 11.9 Å². The van der Waals surface area contributed by atoms with Gasteiger partial charge in [-0.3, -0.25) is 9.59 Å². The molecule has 0 unspecified atom stereocenters. The first kappa shape index (κ1) is 18.9. The van der Waals surface area contributed by atoms with E-state index in [2.05, 4.69) is 10.4 Å². The van der Waals surface area contributed by atoms with Crippen molar-refractivity contribution in [3.8, 4) is 11.4 Å². The predicted molar refractivity (Wildman–Crippen MR) is 106 cm³/mol. The molecule has 7 heteroatoms. The molecule has 0 saturated heterocycles. The zero-order valence-electron chi connectivity index (χ0n) is 16.1. The van der Waals surface area contributed by atoms with Gasteiger partial charge in [0.15, 0.2) is 12.4 Å². The maximum absolute atomic E-state index is 14.1. The molecule has 0 bridgehead atoms. The molecule has 1 aromatic heterocycles. The number of anilines is 1. The van der Waals surface area contributed by atoms with Gasteiger partial charge in [0, 0.05) is 18.1 Å².